The molecule has 0 N–H and O–H groups in total. The lowest BCUT2D eigenvalue weighted by Crippen LogP contribution is -2.40. The van der Waals surface area contributed by atoms with Crippen LogP contribution in [0.5, 0.6) is 0 Å². The van der Waals surface area contributed by atoms with Crippen molar-refractivity contribution in [1.29, 1.82) is 0 Å². The van der Waals surface area contributed by atoms with Crippen LogP contribution in [0.1, 0.15) is 60.0 Å². The van der Waals surface area contributed by atoms with Gasteiger partial charge >= 0.3 is 5.97 Å². The minimum absolute atomic E-state index is 0.0210. The van der Waals surface area contributed by atoms with E-state index in [-0.39, 0.29) is 21.9 Å². The summed E-state index contributed by atoms with van der Waals surface area (Å²) in [6, 6.07) is 0. The number of esters is 1. The molecular weight excluding hydrogens is 382 g/mol. The molecule has 1 aromatic rings. The molecule has 0 unspecified atom stereocenters. The molecule has 3 heterocycles. The molecule has 27 heavy (non-hydrogen) atoms. The van der Waals surface area contributed by atoms with Crippen molar-refractivity contribution < 1.29 is 18.7 Å². The van der Waals surface area contributed by atoms with Gasteiger partial charge < -0.3 is 14.1 Å². The van der Waals surface area contributed by atoms with Crippen LogP contribution in [0.2, 0.25) is 0 Å². The van der Waals surface area contributed by atoms with Gasteiger partial charge in [0.1, 0.15) is 5.76 Å². The van der Waals surface area contributed by atoms with Crippen molar-refractivity contribution >= 4 is 35.4 Å². The molecule has 7 heteroatoms. The molecule has 0 atom stereocenters. The van der Waals surface area contributed by atoms with Gasteiger partial charge in [0.05, 0.1) is 16.6 Å². The number of hydrogen-bond acceptors (Lipinski definition) is 6. The number of carbonyl (C=O) groups excluding carboxylic acids is 2. The normalized spacial score (nSPS) is 22.1. The van der Waals surface area contributed by atoms with Crippen LogP contribution >= 0.6 is 23.5 Å². The Balaban J connectivity index is 1.51. The average molecular weight is 410 g/mol. The van der Waals surface area contributed by atoms with Crippen molar-refractivity contribution in [3.05, 3.63) is 22.6 Å². The van der Waals surface area contributed by atoms with Gasteiger partial charge in [0.25, 0.3) is 5.91 Å². The van der Waals surface area contributed by atoms with Gasteiger partial charge in [0.2, 0.25) is 0 Å². The Labute approximate surface area is 168 Å². The summed E-state index contributed by atoms with van der Waals surface area (Å²) in [4.78, 5) is 26.9. The fraction of sp³-hybridized carbons (Fsp3) is 0.700. The van der Waals surface area contributed by atoms with E-state index in [4.69, 9.17) is 9.15 Å². The van der Waals surface area contributed by atoms with Crippen LogP contribution in [0.3, 0.4) is 0 Å². The summed E-state index contributed by atoms with van der Waals surface area (Å²) in [7, 11) is 0. The van der Waals surface area contributed by atoms with Crippen molar-refractivity contribution in [1.82, 2.24) is 4.90 Å². The van der Waals surface area contributed by atoms with E-state index in [2.05, 4.69) is 0 Å². The highest BCUT2D eigenvalue weighted by Crippen LogP contribution is 2.59. The third kappa shape index (κ3) is 3.41. The second-order valence-electron chi connectivity index (χ2n) is 7.48. The van der Waals surface area contributed by atoms with Crippen molar-refractivity contribution in [3.63, 3.8) is 0 Å². The Bertz CT molecular complexity index is 731. The molecule has 0 aromatic carbocycles. The number of likely N-dealkylation sites (tertiary alicyclic amines) is 1. The Morgan fingerprint density at radius 1 is 1.26 bits per heavy atom. The molecule has 0 bridgehead atoms. The number of furan rings is 1. The molecule has 0 saturated carbocycles. The maximum atomic E-state index is 13.1. The molecule has 2 fully saturated rings. The minimum Gasteiger partial charge on any atom is -0.466 e. The number of fused-ring (bicyclic) bond motifs is 2. The number of piperidine rings is 1. The molecule has 1 aromatic heterocycles. The number of ether oxygens (including phenoxy) is 1. The molecule has 3 aliphatic rings. The molecule has 2 aliphatic heterocycles. The summed E-state index contributed by atoms with van der Waals surface area (Å²) < 4.78 is 11.4. The monoisotopic (exact) mass is 409 g/mol. The van der Waals surface area contributed by atoms with Gasteiger partial charge in [-0.2, -0.15) is 0 Å². The number of amides is 1. The van der Waals surface area contributed by atoms with Crippen LogP contribution in [0.4, 0.5) is 0 Å². The number of rotatable bonds is 3. The van der Waals surface area contributed by atoms with Gasteiger partial charge in [-0.1, -0.05) is 0 Å². The Kier molecular flexibility index (Phi) is 5.52. The first kappa shape index (κ1) is 19.2. The van der Waals surface area contributed by atoms with E-state index in [1.807, 2.05) is 42.3 Å². The van der Waals surface area contributed by atoms with Crippen LogP contribution in [-0.4, -0.2) is 48.0 Å². The number of hydrogen-bond donors (Lipinski definition) is 0. The van der Waals surface area contributed by atoms with Crippen LogP contribution in [0.15, 0.2) is 4.42 Å². The summed E-state index contributed by atoms with van der Waals surface area (Å²) >= 11 is 4.04. The smallest absolute Gasteiger partial charge is 0.309 e. The number of aryl methyl sites for hydroxylation is 1. The third-order valence-corrected chi connectivity index (χ3v) is 9.39. The molecule has 1 spiro atoms. The lowest BCUT2D eigenvalue weighted by molar-refractivity contribution is -0.149. The van der Waals surface area contributed by atoms with Crippen LogP contribution < -0.4 is 0 Å². The fourth-order valence-electron chi connectivity index (χ4n) is 4.52. The molecule has 148 valence electrons. The van der Waals surface area contributed by atoms with Crippen LogP contribution in [-0.2, 0) is 20.0 Å². The number of nitrogens with zero attached hydrogens (tertiary/aromatic N) is 1. The van der Waals surface area contributed by atoms with Crippen molar-refractivity contribution in [2.45, 2.75) is 50.0 Å². The van der Waals surface area contributed by atoms with E-state index in [9.17, 15) is 9.59 Å². The van der Waals surface area contributed by atoms with Crippen LogP contribution in [0, 0.1) is 12.8 Å². The SMILES string of the molecule is CCOC(=O)C1CCN(C(=O)c2oc3c(c2C)C2(CCC3)SCCS2)CC1. The quantitative estimate of drug-likeness (QED) is 0.704. The second-order valence-corrected chi connectivity index (χ2v) is 10.5. The summed E-state index contributed by atoms with van der Waals surface area (Å²) in [6.07, 6.45) is 4.55. The Morgan fingerprint density at radius 2 is 1.96 bits per heavy atom. The topological polar surface area (TPSA) is 59.8 Å². The highest BCUT2D eigenvalue weighted by molar-refractivity contribution is 8.20. The van der Waals surface area contributed by atoms with Gasteiger partial charge in [-0.15, -0.1) is 23.5 Å². The van der Waals surface area contributed by atoms with Gasteiger partial charge in [0.15, 0.2) is 5.76 Å². The molecule has 2 saturated heterocycles. The van der Waals surface area contributed by atoms with E-state index in [1.165, 1.54) is 17.1 Å². The highest BCUT2D eigenvalue weighted by Gasteiger charge is 2.45. The molecule has 5 nitrogen and oxygen atoms in total. The summed E-state index contributed by atoms with van der Waals surface area (Å²) in [5.74, 6) is 3.63. The summed E-state index contributed by atoms with van der Waals surface area (Å²) in [6.45, 7) is 5.45. The first-order chi connectivity index (χ1) is 13.1. The average Bonchev–Trinajstić information content (AvgIpc) is 3.27. The molecule has 4 rings (SSSR count). The summed E-state index contributed by atoms with van der Waals surface area (Å²) in [5, 5.41) is 0. The Morgan fingerprint density at radius 3 is 2.63 bits per heavy atom. The lowest BCUT2D eigenvalue weighted by atomic mass is 9.93. The molecule has 1 amide bonds. The standard InChI is InChI=1S/C20H27NO4S2/c1-3-24-19(23)14-6-9-21(10-7-14)18(22)17-13(2)16-15(25-17)5-4-8-20(16)26-11-12-27-20/h14H,3-12H2,1-2H3. The predicted octanol–water partition coefficient (Wildman–Crippen LogP) is 3.97. The fourth-order valence-corrected chi connectivity index (χ4v) is 8.08. The largest absolute Gasteiger partial charge is 0.466 e. The van der Waals surface area contributed by atoms with E-state index in [1.54, 1.807) is 0 Å². The number of carbonyl (C=O) groups is 2. The van der Waals surface area contributed by atoms with Crippen molar-refractivity contribution in [3.8, 4) is 0 Å². The van der Waals surface area contributed by atoms with Gasteiger partial charge in [-0.3, -0.25) is 9.59 Å². The van der Waals surface area contributed by atoms with E-state index >= 15 is 0 Å². The van der Waals surface area contributed by atoms with Crippen LogP contribution in [0.25, 0.3) is 0 Å². The highest BCUT2D eigenvalue weighted by atomic mass is 32.2. The molecule has 1 aliphatic carbocycles. The summed E-state index contributed by atoms with van der Waals surface area (Å²) in [5.41, 5.74) is 2.31. The zero-order valence-corrected chi connectivity index (χ0v) is 17.7. The first-order valence-corrected chi connectivity index (χ1v) is 11.9. The minimum atomic E-state index is -0.133. The zero-order chi connectivity index (χ0) is 19.0. The Hall–Kier alpha value is -1.08. The van der Waals surface area contributed by atoms with E-state index in [0.29, 0.717) is 38.3 Å². The van der Waals surface area contributed by atoms with Crippen molar-refractivity contribution in [2.24, 2.45) is 5.92 Å². The van der Waals surface area contributed by atoms with Gasteiger partial charge in [0, 0.05) is 42.1 Å². The number of thioether (sulfide) groups is 2. The molecule has 0 radical (unpaired) electrons. The maximum Gasteiger partial charge on any atom is 0.309 e. The van der Waals surface area contributed by atoms with Gasteiger partial charge in [-0.05, 0) is 39.5 Å². The predicted molar refractivity (Wildman–Crippen MR) is 108 cm³/mol. The third-order valence-electron chi connectivity index (χ3n) is 5.86. The van der Waals surface area contributed by atoms with E-state index < -0.39 is 0 Å². The van der Waals surface area contributed by atoms with Gasteiger partial charge in [-0.25, -0.2) is 0 Å². The first-order valence-electron chi connectivity index (χ1n) is 9.92. The maximum absolute atomic E-state index is 13.1. The lowest BCUT2D eigenvalue weighted by Gasteiger charge is -2.32. The molecular formula is C20H27NO4S2. The van der Waals surface area contributed by atoms with E-state index in [0.717, 1.165) is 30.6 Å². The van der Waals surface area contributed by atoms with Crippen molar-refractivity contribution in [2.75, 3.05) is 31.2 Å². The zero-order valence-electron chi connectivity index (χ0n) is 16.0. The second kappa shape index (κ2) is 7.74.